The van der Waals surface area contributed by atoms with E-state index in [1.807, 2.05) is 6.92 Å². The van der Waals surface area contributed by atoms with E-state index in [1.54, 1.807) is 0 Å². The lowest BCUT2D eigenvalue weighted by atomic mass is 9.96. The highest BCUT2D eigenvalue weighted by Gasteiger charge is 2.51. The minimum atomic E-state index is -4.76. The van der Waals surface area contributed by atoms with Gasteiger partial charge in [0.05, 0.1) is 27.9 Å². The molecule has 12 heteroatoms. The van der Waals surface area contributed by atoms with Crippen LogP contribution < -0.4 is 5.32 Å². The van der Waals surface area contributed by atoms with Crippen LogP contribution in [0.25, 0.3) is 0 Å². The van der Waals surface area contributed by atoms with Gasteiger partial charge in [-0.05, 0) is 62.4 Å². The monoisotopic (exact) mass is 570 g/mol. The first kappa shape index (κ1) is 29.0. The highest BCUT2D eigenvalue weighted by Crippen LogP contribution is 2.47. The molecule has 212 valence electrons. The number of nitrogens with zero attached hydrogens (tertiary/aromatic N) is 1. The number of carbonyl (C=O) groups is 2. The maximum Gasteiger partial charge on any atom is 0.416 e. The standard InChI is InChI=1S/C27H30F4N2O5S/c1-3-18-9-11-22(33(18)25(35)16-6-5-7-19(14-16)39(37,38)4-2)24(34)32-23(26(36)12-13-26)20-10-8-17(15-21(20)28)27(29,30)31/h5-8,10,14-15,18,22-23,36H,3-4,9,11-13H2,1-2H3,(H,32,34)/t18-,22-,23+/m1/s1. The Morgan fingerprint density at radius 1 is 1.13 bits per heavy atom. The zero-order valence-electron chi connectivity index (χ0n) is 21.5. The van der Waals surface area contributed by atoms with Crippen LogP contribution in [0.2, 0.25) is 0 Å². The Balaban J connectivity index is 1.63. The molecule has 1 aliphatic carbocycles. The van der Waals surface area contributed by atoms with Gasteiger partial charge in [0.1, 0.15) is 11.9 Å². The minimum Gasteiger partial charge on any atom is -0.387 e. The first-order valence-electron chi connectivity index (χ1n) is 12.8. The van der Waals surface area contributed by atoms with Crippen LogP contribution in [0.4, 0.5) is 17.6 Å². The van der Waals surface area contributed by atoms with Gasteiger partial charge in [-0.25, -0.2) is 12.8 Å². The fourth-order valence-electron chi connectivity index (χ4n) is 5.08. The van der Waals surface area contributed by atoms with Crippen molar-refractivity contribution in [2.75, 3.05) is 5.75 Å². The Bertz CT molecular complexity index is 1370. The summed E-state index contributed by atoms with van der Waals surface area (Å²) in [4.78, 5) is 28.5. The lowest BCUT2D eigenvalue weighted by Gasteiger charge is -2.32. The van der Waals surface area contributed by atoms with E-state index in [-0.39, 0.29) is 47.1 Å². The minimum absolute atomic E-state index is 0.0158. The molecular weight excluding hydrogens is 540 g/mol. The van der Waals surface area contributed by atoms with Crippen LogP contribution in [0.5, 0.6) is 0 Å². The molecule has 2 aromatic rings. The number of hydrogen-bond acceptors (Lipinski definition) is 5. The van der Waals surface area contributed by atoms with Crippen molar-refractivity contribution in [1.82, 2.24) is 10.2 Å². The molecule has 0 unspecified atom stereocenters. The number of benzene rings is 2. The number of nitrogens with one attached hydrogen (secondary N) is 1. The van der Waals surface area contributed by atoms with Crippen molar-refractivity contribution >= 4 is 21.7 Å². The topological polar surface area (TPSA) is 104 Å². The van der Waals surface area contributed by atoms with Crippen LogP contribution in [0.1, 0.15) is 73.5 Å². The van der Waals surface area contributed by atoms with Gasteiger partial charge in [0, 0.05) is 17.2 Å². The predicted molar refractivity (Wildman–Crippen MR) is 134 cm³/mol. The van der Waals surface area contributed by atoms with Crippen molar-refractivity contribution in [2.45, 2.75) is 80.7 Å². The zero-order chi connectivity index (χ0) is 28.8. The summed E-state index contributed by atoms with van der Waals surface area (Å²) >= 11 is 0. The number of rotatable bonds is 8. The zero-order valence-corrected chi connectivity index (χ0v) is 22.3. The molecule has 4 rings (SSSR count). The van der Waals surface area contributed by atoms with Crippen LogP contribution >= 0.6 is 0 Å². The number of hydrogen-bond donors (Lipinski definition) is 2. The fourth-order valence-corrected chi connectivity index (χ4v) is 6.01. The van der Waals surface area contributed by atoms with Crippen molar-refractivity contribution in [3.63, 3.8) is 0 Å². The van der Waals surface area contributed by atoms with Gasteiger partial charge in [-0.15, -0.1) is 0 Å². The molecule has 1 aliphatic heterocycles. The fraction of sp³-hybridized carbons (Fsp3) is 0.481. The Morgan fingerprint density at radius 2 is 1.82 bits per heavy atom. The second kappa shape index (κ2) is 10.5. The number of halogens is 4. The van der Waals surface area contributed by atoms with Crippen LogP contribution in [-0.2, 0) is 20.8 Å². The third-order valence-corrected chi connectivity index (χ3v) is 9.29. The Labute approximate surface area is 224 Å². The summed E-state index contributed by atoms with van der Waals surface area (Å²) in [5.74, 6) is -2.59. The number of likely N-dealkylation sites (tertiary alicyclic amines) is 1. The highest BCUT2D eigenvalue weighted by atomic mass is 32.2. The molecule has 2 N–H and O–H groups in total. The summed E-state index contributed by atoms with van der Waals surface area (Å²) in [6, 6.07) is 4.86. The summed E-state index contributed by atoms with van der Waals surface area (Å²) in [6.07, 6.45) is -3.07. The molecular formula is C27H30F4N2O5S. The number of amides is 2. The first-order chi connectivity index (χ1) is 18.2. The molecule has 0 spiro atoms. The summed E-state index contributed by atoms with van der Waals surface area (Å²) in [5, 5.41) is 13.4. The van der Waals surface area contributed by atoms with Crippen LogP contribution in [-0.4, -0.2) is 53.7 Å². The van der Waals surface area contributed by atoms with E-state index < -0.39 is 56.9 Å². The predicted octanol–water partition coefficient (Wildman–Crippen LogP) is 4.40. The second-order valence-corrected chi connectivity index (χ2v) is 12.4. The molecule has 1 saturated carbocycles. The molecule has 39 heavy (non-hydrogen) atoms. The first-order valence-corrected chi connectivity index (χ1v) is 14.4. The molecule has 2 amide bonds. The Hall–Kier alpha value is -2.99. The summed E-state index contributed by atoms with van der Waals surface area (Å²) < 4.78 is 78.7. The number of aliphatic hydroxyl groups is 1. The molecule has 2 fully saturated rings. The molecule has 2 aliphatic rings. The van der Waals surface area contributed by atoms with Crippen molar-refractivity contribution in [3.05, 3.63) is 65.0 Å². The summed E-state index contributed by atoms with van der Waals surface area (Å²) in [5.41, 5.74) is -2.91. The summed E-state index contributed by atoms with van der Waals surface area (Å²) in [6.45, 7) is 3.33. The van der Waals surface area contributed by atoms with Crippen LogP contribution in [0, 0.1) is 5.82 Å². The van der Waals surface area contributed by atoms with Gasteiger partial charge >= 0.3 is 6.18 Å². The van der Waals surface area contributed by atoms with Gasteiger partial charge < -0.3 is 15.3 Å². The maximum atomic E-state index is 14.8. The van der Waals surface area contributed by atoms with Crippen molar-refractivity contribution < 1.29 is 40.7 Å². The third-order valence-electron chi connectivity index (χ3n) is 7.56. The SMILES string of the molecule is CC[C@@H]1CC[C@H](C(=O)N[C@@H](c2ccc(C(F)(F)F)cc2F)C2(O)CC2)N1C(=O)c1cccc(S(=O)(=O)CC)c1. The van der Waals surface area contributed by atoms with E-state index in [2.05, 4.69) is 5.32 Å². The molecule has 1 saturated heterocycles. The molecule has 3 atom stereocenters. The maximum absolute atomic E-state index is 14.8. The van der Waals surface area contributed by atoms with Gasteiger partial charge in [-0.1, -0.05) is 26.0 Å². The molecule has 1 heterocycles. The number of alkyl halides is 3. The molecule has 2 aromatic carbocycles. The second-order valence-electron chi connectivity index (χ2n) is 10.1. The van der Waals surface area contributed by atoms with E-state index in [4.69, 9.17) is 0 Å². The molecule has 0 radical (unpaired) electrons. The molecule has 0 bridgehead atoms. The largest absolute Gasteiger partial charge is 0.416 e. The average Bonchev–Trinajstić information content (AvgIpc) is 3.49. The van der Waals surface area contributed by atoms with Gasteiger partial charge in [0.25, 0.3) is 5.91 Å². The molecule has 7 nitrogen and oxygen atoms in total. The van der Waals surface area contributed by atoms with Gasteiger partial charge in [0.2, 0.25) is 5.91 Å². The lowest BCUT2D eigenvalue weighted by Crippen LogP contribution is -2.51. The summed E-state index contributed by atoms with van der Waals surface area (Å²) in [7, 11) is -3.58. The highest BCUT2D eigenvalue weighted by molar-refractivity contribution is 7.91. The van der Waals surface area contributed by atoms with Crippen molar-refractivity contribution in [2.24, 2.45) is 0 Å². The van der Waals surface area contributed by atoms with Crippen LogP contribution in [0.3, 0.4) is 0 Å². The van der Waals surface area contributed by atoms with E-state index in [0.29, 0.717) is 25.0 Å². The van der Waals surface area contributed by atoms with Gasteiger partial charge in [0.15, 0.2) is 9.84 Å². The number of sulfone groups is 1. The lowest BCUT2D eigenvalue weighted by molar-refractivity contribution is -0.137. The van der Waals surface area contributed by atoms with Crippen molar-refractivity contribution in [3.8, 4) is 0 Å². The average molecular weight is 571 g/mol. The van der Waals surface area contributed by atoms with Crippen molar-refractivity contribution in [1.29, 1.82) is 0 Å². The quantitative estimate of drug-likeness (QED) is 0.458. The Kier molecular flexibility index (Phi) is 7.83. The normalized spacial score (nSPS) is 21.5. The van der Waals surface area contributed by atoms with E-state index in [0.717, 1.165) is 6.07 Å². The van der Waals surface area contributed by atoms with Gasteiger partial charge in [-0.3, -0.25) is 9.59 Å². The van der Waals surface area contributed by atoms with Crippen LogP contribution in [0.15, 0.2) is 47.4 Å². The number of carbonyl (C=O) groups excluding carboxylic acids is 2. The molecule has 0 aromatic heterocycles. The van der Waals surface area contributed by atoms with E-state index in [9.17, 15) is 40.7 Å². The van der Waals surface area contributed by atoms with Gasteiger partial charge in [-0.2, -0.15) is 13.2 Å². The van der Waals surface area contributed by atoms with E-state index in [1.165, 1.54) is 36.1 Å². The van der Waals surface area contributed by atoms with E-state index >= 15 is 0 Å². The smallest absolute Gasteiger partial charge is 0.387 e. The Morgan fingerprint density at radius 3 is 2.38 bits per heavy atom. The third kappa shape index (κ3) is 5.81.